The second-order valence-electron chi connectivity index (χ2n) is 6.33. The van der Waals surface area contributed by atoms with Gasteiger partial charge in [0.2, 0.25) is 0 Å². The molecule has 0 radical (unpaired) electrons. The third-order valence-electron chi connectivity index (χ3n) is 5.20. The highest BCUT2D eigenvalue weighted by molar-refractivity contribution is 5.94. The van der Waals surface area contributed by atoms with E-state index in [9.17, 15) is 4.79 Å². The Morgan fingerprint density at radius 2 is 1.65 bits per heavy atom. The first-order valence-corrected chi connectivity index (χ1v) is 7.80. The molecule has 1 aromatic rings. The lowest BCUT2D eigenvalue weighted by atomic mass is 9.77. The Morgan fingerprint density at radius 3 is 2.20 bits per heavy atom. The molecule has 0 atom stereocenters. The van der Waals surface area contributed by atoms with Gasteiger partial charge in [-0.2, -0.15) is 0 Å². The summed E-state index contributed by atoms with van der Waals surface area (Å²) in [5.41, 5.74) is 2.43. The number of rotatable bonds is 2. The Morgan fingerprint density at radius 1 is 1.05 bits per heavy atom. The Balaban J connectivity index is 1.63. The third kappa shape index (κ3) is 2.54. The molecule has 1 spiro atoms. The topological polar surface area (TPSA) is 32.3 Å². The molecule has 1 N–H and O–H groups in total. The molecule has 20 heavy (non-hydrogen) atoms. The van der Waals surface area contributed by atoms with Crippen molar-refractivity contribution in [2.24, 2.45) is 5.41 Å². The Kier molecular flexibility index (Phi) is 3.68. The summed E-state index contributed by atoms with van der Waals surface area (Å²) in [4.78, 5) is 14.5. The Labute approximate surface area is 121 Å². The largest absolute Gasteiger partial charge is 0.388 e. The van der Waals surface area contributed by atoms with Crippen LogP contribution in [0.25, 0.3) is 0 Å². The summed E-state index contributed by atoms with van der Waals surface area (Å²) in [6.45, 7) is 1.87. The van der Waals surface area contributed by atoms with Gasteiger partial charge in [-0.05, 0) is 55.4 Å². The van der Waals surface area contributed by atoms with E-state index >= 15 is 0 Å². The monoisotopic (exact) mass is 272 g/mol. The molecule has 108 valence electrons. The molecule has 1 saturated carbocycles. The lowest BCUT2D eigenvalue weighted by Crippen LogP contribution is -2.42. The zero-order valence-corrected chi connectivity index (χ0v) is 12.3. The molecule has 0 aromatic heterocycles. The maximum atomic E-state index is 12.5. The highest BCUT2D eigenvalue weighted by atomic mass is 16.2. The molecule has 1 amide bonds. The van der Waals surface area contributed by atoms with Gasteiger partial charge in [0.25, 0.3) is 5.91 Å². The molecule has 1 aliphatic carbocycles. The highest BCUT2D eigenvalue weighted by Gasteiger charge is 2.37. The highest BCUT2D eigenvalue weighted by Crippen LogP contribution is 2.46. The van der Waals surface area contributed by atoms with Gasteiger partial charge < -0.3 is 10.2 Å². The Hall–Kier alpha value is -1.51. The molecular formula is C17H24N2O. The summed E-state index contributed by atoms with van der Waals surface area (Å²) in [5.74, 6) is 0.195. The van der Waals surface area contributed by atoms with Gasteiger partial charge >= 0.3 is 0 Å². The van der Waals surface area contributed by atoms with Crippen LogP contribution in [0.3, 0.4) is 0 Å². The lowest BCUT2D eigenvalue weighted by Gasteiger charge is -2.39. The second-order valence-corrected chi connectivity index (χ2v) is 6.33. The SMILES string of the molecule is CNc1ccc(C(=O)N2CCC3(CCCC3)CC2)cc1. The number of benzene rings is 1. The minimum absolute atomic E-state index is 0.195. The smallest absolute Gasteiger partial charge is 0.253 e. The Bertz CT molecular complexity index is 464. The first-order chi connectivity index (χ1) is 9.72. The molecule has 1 aromatic carbocycles. The number of carbonyl (C=O) groups excluding carboxylic acids is 1. The van der Waals surface area contributed by atoms with Gasteiger partial charge in [0.05, 0.1) is 0 Å². The van der Waals surface area contributed by atoms with Gasteiger partial charge in [0.1, 0.15) is 0 Å². The van der Waals surface area contributed by atoms with E-state index in [1.807, 2.05) is 36.2 Å². The lowest BCUT2D eigenvalue weighted by molar-refractivity contribution is 0.0587. The van der Waals surface area contributed by atoms with E-state index in [-0.39, 0.29) is 5.91 Å². The standard InChI is InChI=1S/C17H24N2O/c1-18-15-6-4-14(5-7-15)16(20)19-12-10-17(11-13-19)8-2-3-9-17/h4-7,18H,2-3,8-13H2,1H3. The summed E-state index contributed by atoms with van der Waals surface area (Å²) in [6.07, 6.45) is 7.94. The van der Waals surface area contributed by atoms with Crippen LogP contribution in [0.5, 0.6) is 0 Å². The normalized spacial score (nSPS) is 21.1. The van der Waals surface area contributed by atoms with Crippen LogP contribution in [0.15, 0.2) is 24.3 Å². The number of nitrogens with one attached hydrogen (secondary N) is 1. The fourth-order valence-electron chi connectivity index (χ4n) is 3.77. The van der Waals surface area contributed by atoms with Crippen molar-refractivity contribution in [3.05, 3.63) is 29.8 Å². The van der Waals surface area contributed by atoms with Crippen molar-refractivity contribution >= 4 is 11.6 Å². The predicted octanol–water partition coefficient (Wildman–Crippen LogP) is 3.52. The average Bonchev–Trinajstić information content (AvgIpc) is 2.96. The van der Waals surface area contributed by atoms with Gasteiger partial charge in [0, 0.05) is 31.4 Å². The summed E-state index contributed by atoms with van der Waals surface area (Å²) >= 11 is 0. The number of anilines is 1. The van der Waals surface area contributed by atoms with Crippen LogP contribution in [0.2, 0.25) is 0 Å². The molecule has 0 bridgehead atoms. The quantitative estimate of drug-likeness (QED) is 0.893. The van der Waals surface area contributed by atoms with Crippen LogP contribution in [-0.4, -0.2) is 30.9 Å². The van der Waals surface area contributed by atoms with E-state index in [1.165, 1.54) is 38.5 Å². The van der Waals surface area contributed by atoms with Crippen molar-refractivity contribution in [2.45, 2.75) is 38.5 Å². The maximum Gasteiger partial charge on any atom is 0.253 e. The molecular weight excluding hydrogens is 248 g/mol. The van der Waals surface area contributed by atoms with E-state index in [0.29, 0.717) is 5.41 Å². The third-order valence-corrected chi connectivity index (χ3v) is 5.20. The van der Waals surface area contributed by atoms with Crippen molar-refractivity contribution in [3.63, 3.8) is 0 Å². The number of piperidine rings is 1. The van der Waals surface area contributed by atoms with E-state index in [4.69, 9.17) is 0 Å². The second kappa shape index (κ2) is 5.47. The molecule has 1 heterocycles. The summed E-state index contributed by atoms with van der Waals surface area (Å²) in [5, 5.41) is 3.08. The minimum atomic E-state index is 0.195. The number of carbonyl (C=O) groups is 1. The van der Waals surface area contributed by atoms with Crippen LogP contribution in [0.1, 0.15) is 48.9 Å². The first-order valence-electron chi connectivity index (χ1n) is 7.80. The number of hydrogen-bond acceptors (Lipinski definition) is 2. The van der Waals surface area contributed by atoms with Crippen LogP contribution in [-0.2, 0) is 0 Å². The number of likely N-dealkylation sites (tertiary alicyclic amines) is 1. The molecule has 1 saturated heterocycles. The van der Waals surface area contributed by atoms with Crippen molar-refractivity contribution in [3.8, 4) is 0 Å². The molecule has 3 nitrogen and oxygen atoms in total. The van der Waals surface area contributed by atoms with Gasteiger partial charge in [-0.3, -0.25) is 4.79 Å². The van der Waals surface area contributed by atoms with Crippen molar-refractivity contribution in [1.29, 1.82) is 0 Å². The van der Waals surface area contributed by atoms with Crippen LogP contribution in [0.4, 0.5) is 5.69 Å². The average molecular weight is 272 g/mol. The molecule has 2 aliphatic rings. The van der Waals surface area contributed by atoms with E-state index in [2.05, 4.69) is 5.32 Å². The zero-order chi connectivity index (χ0) is 14.0. The maximum absolute atomic E-state index is 12.5. The van der Waals surface area contributed by atoms with E-state index in [0.717, 1.165) is 24.3 Å². The fourth-order valence-corrected chi connectivity index (χ4v) is 3.77. The van der Waals surface area contributed by atoms with Crippen molar-refractivity contribution in [2.75, 3.05) is 25.5 Å². The van der Waals surface area contributed by atoms with Crippen LogP contribution >= 0.6 is 0 Å². The van der Waals surface area contributed by atoms with Gasteiger partial charge in [-0.15, -0.1) is 0 Å². The zero-order valence-electron chi connectivity index (χ0n) is 12.3. The molecule has 3 heteroatoms. The number of hydrogen-bond donors (Lipinski definition) is 1. The summed E-state index contributed by atoms with van der Waals surface area (Å²) in [6, 6.07) is 7.79. The molecule has 3 rings (SSSR count). The van der Waals surface area contributed by atoms with Gasteiger partial charge in [0.15, 0.2) is 0 Å². The summed E-state index contributed by atoms with van der Waals surface area (Å²) < 4.78 is 0. The minimum Gasteiger partial charge on any atom is -0.388 e. The van der Waals surface area contributed by atoms with Gasteiger partial charge in [-0.1, -0.05) is 12.8 Å². The van der Waals surface area contributed by atoms with Crippen LogP contribution < -0.4 is 5.32 Å². The summed E-state index contributed by atoms with van der Waals surface area (Å²) in [7, 11) is 1.89. The van der Waals surface area contributed by atoms with Crippen molar-refractivity contribution in [1.82, 2.24) is 4.90 Å². The van der Waals surface area contributed by atoms with Crippen molar-refractivity contribution < 1.29 is 4.79 Å². The molecule has 2 fully saturated rings. The first kappa shape index (κ1) is 13.5. The number of amides is 1. The fraction of sp³-hybridized carbons (Fsp3) is 0.588. The van der Waals surface area contributed by atoms with Gasteiger partial charge in [-0.25, -0.2) is 0 Å². The number of nitrogens with zero attached hydrogens (tertiary/aromatic N) is 1. The predicted molar refractivity (Wildman–Crippen MR) is 82.0 cm³/mol. The van der Waals surface area contributed by atoms with E-state index < -0.39 is 0 Å². The molecule has 1 aliphatic heterocycles. The van der Waals surface area contributed by atoms with Crippen LogP contribution in [0, 0.1) is 5.41 Å². The van der Waals surface area contributed by atoms with E-state index in [1.54, 1.807) is 0 Å². The molecule has 0 unspecified atom stereocenters.